The van der Waals surface area contributed by atoms with E-state index in [9.17, 15) is 9.18 Å². The Balaban J connectivity index is 1.89. The van der Waals surface area contributed by atoms with E-state index in [-0.39, 0.29) is 11.5 Å². The topological polar surface area (TPSA) is 33.2 Å². The smallest absolute Gasteiger partial charge is 0.257 e. The van der Waals surface area contributed by atoms with Gasteiger partial charge in [0.05, 0.1) is 5.56 Å². The monoisotopic (exact) mass is 290 g/mol. The minimum atomic E-state index is -0.551. The van der Waals surface area contributed by atoms with Gasteiger partial charge in [-0.25, -0.2) is 4.39 Å². The predicted octanol–water partition coefficient (Wildman–Crippen LogP) is 3.34. The fourth-order valence-corrected chi connectivity index (χ4v) is 2.55. The molecular formula is C15H12ClFN2O. The van der Waals surface area contributed by atoms with Crippen LogP contribution in [-0.2, 0) is 13.1 Å². The molecule has 1 aliphatic rings. The van der Waals surface area contributed by atoms with Gasteiger partial charge in [-0.05, 0) is 42.3 Å². The molecule has 1 amide bonds. The van der Waals surface area contributed by atoms with Gasteiger partial charge in [0.1, 0.15) is 5.82 Å². The maximum atomic E-state index is 13.7. The molecule has 1 aromatic heterocycles. The molecule has 0 saturated heterocycles. The first-order valence-corrected chi connectivity index (χ1v) is 6.61. The highest BCUT2D eigenvalue weighted by molar-refractivity contribution is 6.31. The summed E-state index contributed by atoms with van der Waals surface area (Å²) in [4.78, 5) is 18.2. The summed E-state index contributed by atoms with van der Waals surface area (Å²) in [5.74, 6) is -0.900. The van der Waals surface area contributed by atoms with Gasteiger partial charge in [0, 0.05) is 30.0 Å². The second-order valence-corrected chi connectivity index (χ2v) is 5.32. The number of amides is 1. The summed E-state index contributed by atoms with van der Waals surface area (Å²) in [7, 11) is 0. The van der Waals surface area contributed by atoms with Crippen LogP contribution in [0.25, 0.3) is 0 Å². The van der Waals surface area contributed by atoms with Gasteiger partial charge in [-0.15, -0.1) is 0 Å². The van der Waals surface area contributed by atoms with E-state index < -0.39 is 5.82 Å². The first-order chi connectivity index (χ1) is 9.54. The van der Waals surface area contributed by atoms with E-state index in [1.807, 2.05) is 13.0 Å². The predicted molar refractivity (Wildman–Crippen MR) is 74.0 cm³/mol. The van der Waals surface area contributed by atoms with Crippen LogP contribution in [0.15, 0.2) is 30.5 Å². The molecule has 0 unspecified atom stereocenters. The average Bonchev–Trinajstić information content (AvgIpc) is 2.83. The summed E-state index contributed by atoms with van der Waals surface area (Å²) in [5, 5.41) is 0.351. The van der Waals surface area contributed by atoms with E-state index in [1.165, 1.54) is 18.2 Å². The number of carbonyl (C=O) groups excluding carboxylic acids is 1. The Hall–Kier alpha value is -1.94. The zero-order chi connectivity index (χ0) is 14.3. The Kier molecular flexibility index (Phi) is 3.18. The second-order valence-electron chi connectivity index (χ2n) is 4.88. The van der Waals surface area contributed by atoms with E-state index in [0.29, 0.717) is 18.1 Å². The number of fused-ring (bicyclic) bond motifs is 1. The third kappa shape index (κ3) is 2.27. The van der Waals surface area contributed by atoms with Crippen LogP contribution in [0.2, 0.25) is 5.02 Å². The highest BCUT2D eigenvalue weighted by Gasteiger charge is 2.26. The van der Waals surface area contributed by atoms with E-state index >= 15 is 0 Å². The lowest BCUT2D eigenvalue weighted by Gasteiger charge is -2.15. The number of nitrogens with zero attached hydrogens (tertiary/aromatic N) is 2. The molecule has 0 radical (unpaired) electrons. The van der Waals surface area contributed by atoms with Crippen molar-refractivity contribution in [2.24, 2.45) is 0 Å². The highest BCUT2D eigenvalue weighted by Crippen LogP contribution is 2.25. The van der Waals surface area contributed by atoms with Gasteiger partial charge in [0.25, 0.3) is 5.91 Å². The minimum absolute atomic E-state index is 0.00925. The maximum absolute atomic E-state index is 13.7. The van der Waals surface area contributed by atoms with Gasteiger partial charge >= 0.3 is 0 Å². The number of benzene rings is 1. The van der Waals surface area contributed by atoms with E-state index in [0.717, 1.165) is 16.8 Å². The van der Waals surface area contributed by atoms with Crippen LogP contribution in [0, 0.1) is 12.7 Å². The molecule has 1 aliphatic heterocycles. The second kappa shape index (κ2) is 4.87. The molecule has 0 fully saturated rings. The van der Waals surface area contributed by atoms with Crippen LogP contribution < -0.4 is 0 Å². The molecular weight excluding hydrogens is 279 g/mol. The lowest BCUT2D eigenvalue weighted by atomic mass is 10.2. The molecule has 0 N–H and O–H groups in total. The van der Waals surface area contributed by atoms with Crippen LogP contribution in [0.1, 0.15) is 27.2 Å². The molecule has 3 rings (SSSR count). The van der Waals surface area contributed by atoms with Crippen molar-refractivity contribution in [1.29, 1.82) is 0 Å². The number of hydrogen-bond donors (Lipinski definition) is 0. The Morgan fingerprint density at radius 2 is 2.05 bits per heavy atom. The average molecular weight is 291 g/mol. The molecule has 0 bridgehead atoms. The number of pyridine rings is 1. The van der Waals surface area contributed by atoms with E-state index in [2.05, 4.69) is 4.98 Å². The van der Waals surface area contributed by atoms with Crippen molar-refractivity contribution in [3.63, 3.8) is 0 Å². The first-order valence-electron chi connectivity index (χ1n) is 6.23. The summed E-state index contributed by atoms with van der Waals surface area (Å²) >= 11 is 5.83. The van der Waals surface area contributed by atoms with Crippen molar-refractivity contribution in [3.8, 4) is 0 Å². The molecule has 3 nitrogen and oxygen atoms in total. The summed E-state index contributed by atoms with van der Waals surface area (Å²) in [6.07, 6.45) is 1.77. The van der Waals surface area contributed by atoms with E-state index in [4.69, 9.17) is 11.6 Å². The highest BCUT2D eigenvalue weighted by atomic mass is 35.5. The number of halogens is 2. The largest absolute Gasteiger partial charge is 0.330 e. The molecule has 5 heteroatoms. The number of carbonyl (C=O) groups is 1. The maximum Gasteiger partial charge on any atom is 0.257 e. The molecule has 0 atom stereocenters. The van der Waals surface area contributed by atoms with Crippen molar-refractivity contribution in [2.45, 2.75) is 20.0 Å². The Morgan fingerprint density at radius 1 is 1.30 bits per heavy atom. The van der Waals surface area contributed by atoms with Crippen molar-refractivity contribution in [1.82, 2.24) is 9.88 Å². The fourth-order valence-electron chi connectivity index (χ4n) is 2.38. The van der Waals surface area contributed by atoms with Gasteiger partial charge in [0.15, 0.2) is 0 Å². The van der Waals surface area contributed by atoms with Crippen molar-refractivity contribution < 1.29 is 9.18 Å². The molecule has 20 heavy (non-hydrogen) atoms. The summed E-state index contributed by atoms with van der Waals surface area (Å²) in [5.41, 5.74) is 2.99. The Bertz CT molecular complexity index is 702. The molecule has 0 saturated carbocycles. The Morgan fingerprint density at radius 3 is 2.85 bits per heavy atom. The van der Waals surface area contributed by atoms with Crippen LogP contribution in [0.4, 0.5) is 4.39 Å². The summed E-state index contributed by atoms with van der Waals surface area (Å²) in [6, 6.07) is 5.97. The van der Waals surface area contributed by atoms with Crippen LogP contribution in [0.3, 0.4) is 0 Å². The lowest BCUT2D eigenvalue weighted by Crippen LogP contribution is -2.26. The van der Waals surface area contributed by atoms with Gasteiger partial charge in [-0.1, -0.05) is 11.6 Å². The molecule has 0 aliphatic carbocycles. The minimum Gasteiger partial charge on any atom is -0.330 e. The first kappa shape index (κ1) is 13.1. The third-order valence-corrected chi connectivity index (χ3v) is 3.62. The number of aromatic nitrogens is 1. The zero-order valence-corrected chi connectivity index (χ0v) is 11.6. The van der Waals surface area contributed by atoms with Crippen molar-refractivity contribution in [2.75, 3.05) is 0 Å². The van der Waals surface area contributed by atoms with Crippen molar-refractivity contribution in [3.05, 3.63) is 63.7 Å². The van der Waals surface area contributed by atoms with Gasteiger partial charge in [-0.3, -0.25) is 9.78 Å². The van der Waals surface area contributed by atoms with Crippen LogP contribution >= 0.6 is 11.6 Å². The van der Waals surface area contributed by atoms with Gasteiger partial charge in [0.2, 0.25) is 0 Å². The molecule has 2 heterocycles. The quantitative estimate of drug-likeness (QED) is 0.807. The summed E-state index contributed by atoms with van der Waals surface area (Å²) in [6.45, 7) is 2.83. The SMILES string of the molecule is Cc1cc2c(cn1)CN(C(=O)c1cc(Cl)ccc1F)C2. The standard InChI is InChI=1S/C15H12ClFN2O/c1-9-4-10-7-19(8-11(10)6-18-9)15(20)13-5-12(16)2-3-14(13)17/h2-6H,7-8H2,1H3. The van der Waals surface area contributed by atoms with Crippen LogP contribution in [-0.4, -0.2) is 15.8 Å². The Labute approximate surface area is 121 Å². The molecule has 1 aromatic carbocycles. The summed E-state index contributed by atoms with van der Waals surface area (Å²) < 4.78 is 13.7. The van der Waals surface area contributed by atoms with Gasteiger partial charge < -0.3 is 4.90 Å². The normalized spacial score (nSPS) is 13.4. The lowest BCUT2D eigenvalue weighted by molar-refractivity contribution is 0.0746. The van der Waals surface area contributed by atoms with Crippen LogP contribution in [0.5, 0.6) is 0 Å². The zero-order valence-electron chi connectivity index (χ0n) is 10.9. The van der Waals surface area contributed by atoms with Gasteiger partial charge in [-0.2, -0.15) is 0 Å². The molecule has 102 valence electrons. The number of rotatable bonds is 1. The number of aryl methyl sites for hydroxylation is 1. The number of hydrogen-bond acceptors (Lipinski definition) is 2. The van der Waals surface area contributed by atoms with Crippen molar-refractivity contribution >= 4 is 17.5 Å². The fraction of sp³-hybridized carbons (Fsp3) is 0.200. The molecule has 0 spiro atoms. The molecule has 2 aromatic rings. The van der Waals surface area contributed by atoms with E-state index in [1.54, 1.807) is 11.1 Å². The third-order valence-electron chi connectivity index (χ3n) is 3.39.